The molecule has 3 N–H and O–H groups in total. The van der Waals surface area contributed by atoms with Crippen molar-refractivity contribution in [2.45, 2.75) is 51.2 Å². The van der Waals surface area contributed by atoms with Crippen LogP contribution in [0, 0.1) is 10.1 Å². The number of hydrogen-bond donors (Lipinski definition) is 3. The van der Waals surface area contributed by atoms with Crippen LogP contribution in [0.1, 0.15) is 34.6 Å². The quantitative estimate of drug-likeness (QED) is 0.119. The number of hydrogen-bond acceptors (Lipinski definition) is 11. The van der Waals surface area contributed by atoms with Gasteiger partial charge in [0.05, 0.1) is 51.2 Å². The number of amides is 2. The number of carbonyl (C=O) groups excluding carboxylic acids is 1. The number of rotatable bonds is 10. The number of nitrogens with one attached hydrogen (secondary N) is 2. The lowest BCUT2D eigenvalue weighted by Gasteiger charge is -2.24. The molecule has 0 saturated heterocycles. The number of non-ortho nitro benzene ring substituents is 1. The highest BCUT2D eigenvalue weighted by atomic mass is 32.2. The van der Waals surface area contributed by atoms with Crippen molar-refractivity contribution in [2.24, 2.45) is 0 Å². The van der Waals surface area contributed by atoms with Crippen LogP contribution in [0.15, 0.2) is 65.8 Å². The standard InChI is InChI=1S/C30H32N6O9S2/c1-17(2)45-28(37)33-18-13-23(44-6)26(31-15-18)27-32-16-24(46-27)22-12-11-21(14-25(22)47(42,43)34-30(3,4)5)35(29(38)39)19-7-9-20(10-8-19)36(40)41/h7-17,34H,1-6H3,(H,33,37)(H,38,39). The minimum atomic E-state index is -4.25. The Kier molecular flexibility index (Phi) is 10.1. The van der Waals surface area contributed by atoms with E-state index in [1.54, 1.807) is 40.7 Å². The van der Waals surface area contributed by atoms with Gasteiger partial charge in [0.25, 0.3) is 5.69 Å². The van der Waals surface area contributed by atoms with Crippen molar-refractivity contribution in [1.29, 1.82) is 0 Å². The summed E-state index contributed by atoms with van der Waals surface area (Å²) in [5.74, 6) is 0.283. The molecule has 0 aliphatic heterocycles. The normalized spacial score (nSPS) is 11.6. The molecule has 0 bridgehead atoms. The van der Waals surface area contributed by atoms with Gasteiger partial charge in [-0.1, -0.05) is 6.07 Å². The van der Waals surface area contributed by atoms with Gasteiger partial charge in [0.15, 0.2) is 0 Å². The summed E-state index contributed by atoms with van der Waals surface area (Å²) in [4.78, 5) is 44.8. The smallest absolute Gasteiger partial charge is 0.416 e. The maximum absolute atomic E-state index is 13.8. The molecule has 17 heteroatoms. The average Bonchev–Trinajstić information content (AvgIpc) is 3.45. The van der Waals surface area contributed by atoms with Crippen molar-refractivity contribution in [1.82, 2.24) is 14.7 Å². The number of aromatic nitrogens is 2. The number of sulfonamides is 1. The summed E-state index contributed by atoms with van der Waals surface area (Å²) in [7, 11) is -2.82. The molecular weight excluding hydrogens is 652 g/mol. The van der Waals surface area contributed by atoms with Crippen LogP contribution in [0.3, 0.4) is 0 Å². The van der Waals surface area contributed by atoms with Crippen LogP contribution < -0.4 is 19.7 Å². The first-order chi connectivity index (χ1) is 22.0. The first-order valence-electron chi connectivity index (χ1n) is 13.9. The van der Waals surface area contributed by atoms with E-state index in [1.165, 1.54) is 49.8 Å². The van der Waals surface area contributed by atoms with E-state index in [4.69, 9.17) is 9.47 Å². The van der Waals surface area contributed by atoms with Crippen molar-refractivity contribution in [2.75, 3.05) is 17.3 Å². The fourth-order valence-electron chi connectivity index (χ4n) is 4.33. The molecule has 0 aliphatic rings. The molecule has 2 amide bonds. The summed E-state index contributed by atoms with van der Waals surface area (Å²) in [6.45, 7) is 8.42. The second kappa shape index (κ2) is 13.7. The average molecular weight is 685 g/mol. The number of methoxy groups -OCH3 is 1. The fourth-order valence-corrected chi connectivity index (χ4v) is 7.01. The fraction of sp³-hybridized carbons (Fsp3) is 0.267. The summed E-state index contributed by atoms with van der Waals surface area (Å²) >= 11 is 1.11. The van der Waals surface area contributed by atoms with Gasteiger partial charge in [0, 0.05) is 35.5 Å². The molecule has 0 fully saturated rings. The molecule has 248 valence electrons. The number of benzene rings is 2. The zero-order chi connectivity index (χ0) is 34.7. The van der Waals surface area contributed by atoms with Gasteiger partial charge in [-0.2, -0.15) is 0 Å². The number of ether oxygens (including phenoxy) is 2. The lowest BCUT2D eigenvalue weighted by atomic mass is 10.1. The first kappa shape index (κ1) is 34.7. The molecule has 0 saturated carbocycles. The molecule has 2 heterocycles. The molecular formula is C30H32N6O9S2. The molecule has 2 aromatic carbocycles. The van der Waals surface area contributed by atoms with Crippen molar-refractivity contribution in [3.05, 3.63) is 71.0 Å². The van der Waals surface area contributed by atoms with Crippen molar-refractivity contribution in [3.8, 4) is 26.9 Å². The lowest BCUT2D eigenvalue weighted by molar-refractivity contribution is -0.384. The zero-order valence-corrected chi connectivity index (χ0v) is 27.8. The Balaban J connectivity index is 1.79. The van der Waals surface area contributed by atoms with Crippen LogP contribution in [0.4, 0.5) is 32.3 Å². The van der Waals surface area contributed by atoms with Crippen LogP contribution >= 0.6 is 11.3 Å². The van der Waals surface area contributed by atoms with Crippen LogP contribution in [-0.2, 0) is 14.8 Å². The number of carbonyl (C=O) groups is 2. The van der Waals surface area contributed by atoms with Gasteiger partial charge in [-0.05, 0) is 58.9 Å². The van der Waals surface area contributed by atoms with E-state index in [1.807, 2.05) is 0 Å². The third-order valence-corrected chi connectivity index (χ3v) is 8.93. The Bertz CT molecular complexity index is 1920. The first-order valence-corrected chi connectivity index (χ1v) is 16.2. The molecule has 0 atom stereocenters. The summed E-state index contributed by atoms with van der Waals surface area (Å²) < 4.78 is 40.7. The molecule has 0 spiro atoms. The summed E-state index contributed by atoms with van der Waals surface area (Å²) in [5.41, 5.74) is -0.189. The van der Waals surface area contributed by atoms with E-state index in [9.17, 15) is 33.2 Å². The highest BCUT2D eigenvalue weighted by Crippen LogP contribution is 2.40. The van der Waals surface area contributed by atoms with Crippen molar-refractivity contribution in [3.63, 3.8) is 0 Å². The van der Waals surface area contributed by atoms with E-state index >= 15 is 0 Å². The van der Waals surface area contributed by atoms with Gasteiger partial charge in [-0.25, -0.2) is 37.6 Å². The predicted molar refractivity (Wildman–Crippen MR) is 176 cm³/mol. The minimum absolute atomic E-state index is 0.0171. The number of thiazole rings is 1. The Hall–Kier alpha value is -5.13. The number of pyridine rings is 1. The van der Waals surface area contributed by atoms with Crippen molar-refractivity contribution < 1.29 is 37.5 Å². The summed E-state index contributed by atoms with van der Waals surface area (Å²) in [5, 5.41) is 24.1. The van der Waals surface area contributed by atoms with E-state index < -0.39 is 32.7 Å². The van der Waals surface area contributed by atoms with Gasteiger partial charge in [-0.3, -0.25) is 15.4 Å². The molecule has 4 aromatic rings. The number of nitrogens with zero attached hydrogens (tertiary/aromatic N) is 4. The molecule has 4 rings (SSSR count). The molecule has 15 nitrogen and oxygen atoms in total. The summed E-state index contributed by atoms with van der Waals surface area (Å²) in [6, 6.07) is 10.5. The van der Waals surface area contributed by atoms with Gasteiger partial charge in [0.1, 0.15) is 16.5 Å². The molecule has 0 unspecified atom stereocenters. The monoisotopic (exact) mass is 684 g/mol. The highest BCUT2D eigenvalue weighted by molar-refractivity contribution is 7.89. The highest BCUT2D eigenvalue weighted by Gasteiger charge is 2.29. The number of nitro benzene ring substituents is 1. The maximum Gasteiger partial charge on any atom is 0.416 e. The Labute approximate surface area is 274 Å². The Morgan fingerprint density at radius 3 is 2.28 bits per heavy atom. The number of anilines is 3. The van der Waals surface area contributed by atoms with E-state index in [-0.39, 0.29) is 39.4 Å². The van der Waals surface area contributed by atoms with Crippen LogP contribution in [0.2, 0.25) is 0 Å². The molecule has 47 heavy (non-hydrogen) atoms. The van der Waals surface area contributed by atoms with Crippen LogP contribution in [-0.4, -0.2) is 59.4 Å². The lowest BCUT2D eigenvalue weighted by Crippen LogP contribution is -2.40. The Morgan fingerprint density at radius 2 is 1.70 bits per heavy atom. The maximum atomic E-state index is 13.8. The largest absolute Gasteiger partial charge is 0.494 e. The minimum Gasteiger partial charge on any atom is -0.494 e. The second-order valence-electron chi connectivity index (χ2n) is 11.3. The number of carboxylic acid groups (broad SMARTS) is 1. The molecule has 2 aromatic heterocycles. The van der Waals surface area contributed by atoms with Gasteiger partial charge >= 0.3 is 12.2 Å². The predicted octanol–water partition coefficient (Wildman–Crippen LogP) is 6.64. The third-order valence-electron chi connectivity index (χ3n) is 6.10. The van der Waals surface area contributed by atoms with E-state index in [2.05, 4.69) is 20.0 Å². The second-order valence-corrected chi connectivity index (χ2v) is 14.0. The molecule has 0 radical (unpaired) electrons. The topological polar surface area (TPSA) is 203 Å². The third kappa shape index (κ3) is 8.37. The van der Waals surface area contributed by atoms with E-state index in [0.29, 0.717) is 21.3 Å². The van der Waals surface area contributed by atoms with Gasteiger partial charge in [0.2, 0.25) is 10.0 Å². The Morgan fingerprint density at radius 1 is 1.04 bits per heavy atom. The zero-order valence-electron chi connectivity index (χ0n) is 26.2. The van der Waals surface area contributed by atoms with Crippen molar-refractivity contribution >= 4 is 56.3 Å². The molecule has 0 aliphatic carbocycles. The summed E-state index contributed by atoms with van der Waals surface area (Å²) in [6.07, 6.45) is 0.436. The number of nitro groups is 1. The van der Waals surface area contributed by atoms with Crippen LogP contribution in [0.5, 0.6) is 5.75 Å². The van der Waals surface area contributed by atoms with E-state index in [0.717, 1.165) is 28.4 Å². The van der Waals surface area contributed by atoms with Crippen LogP contribution in [0.25, 0.3) is 21.1 Å². The van der Waals surface area contributed by atoms with Gasteiger partial charge < -0.3 is 14.6 Å². The SMILES string of the molecule is COc1cc(NC(=O)OC(C)C)cnc1-c1ncc(-c2ccc(N(C(=O)O)c3ccc([N+](=O)[O-])cc3)cc2S(=O)(=O)NC(C)(C)C)s1. The van der Waals surface area contributed by atoms with Gasteiger partial charge in [-0.15, -0.1) is 11.3 Å².